The van der Waals surface area contributed by atoms with Crippen molar-refractivity contribution in [2.45, 2.75) is 57.0 Å². The zero-order chi connectivity index (χ0) is 12.2. The molecule has 0 saturated carbocycles. The molecule has 3 rings (SSSR count). The van der Waals surface area contributed by atoms with Crippen LogP contribution in [0.15, 0.2) is 0 Å². The first-order valence-electron chi connectivity index (χ1n) is 8.13. The van der Waals surface area contributed by atoms with Gasteiger partial charge in [-0.25, -0.2) is 0 Å². The third kappa shape index (κ3) is 3.06. The largest absolute Gasteiger partial charge is 0.311 e. The number of hydrogen-bond acceptors (Lipinski definition) is 3. The maximum absolute atomic E-state index is 3.84. The molecule has 3 nitrogen and oxygen atoms in total. The summed E-state index contributed by atoms with van der Waals surface area (Å²) >= 11 is 0. The molecular formula is C15H29N3. The van der Waals surface area contributed by atoms with Gasteiger partial charge in [0, 0.05) is 31.7 Å². The van der Waals surface area contributed by atoms with E-state index in [0.29, 0.717) is 0 Å². The van der Waals surface area contributed by atoms with E-state index < -0.39 is 0 Å². The van der Waals surface area contributed by atoms with E-state index in [1.54, 1.807) is 0 Å². The van der Waals surface area contributed by atoms with Gasteiger partial charge in [0.25, 0.3) is 0 Å². The number of likely N-dealkylation sites (tertiary alicyclic amines) is 1. The van der Waals surface area contributed by atoms with Crippen molar-refractivity contribution in [2.24, 2.45) is 0 Å². The molecule has 3 fully saturated rings. The minimum atomic E-state index is 0.791. The van der Waals surface area contributed by atoms with Gasteiger partial charge < -0.3 is 10.2 Å². The molecule has 0 aromatic heterocycles. The lowest BCUT2D eigenvalue weighted by atomic mass is 10.1. The first kappa shape index (κ1) is 12.9. The normalized spacial score (nSPS) is 34.7. The van der Waals surface area contributed by atoms with E-state index in [0.717, 1.165) is 12.1 Å². The van der Waals surface area contributed by atoms with Crippen molar-refractivity contribution in [2.75, 3.05) is 39.3 Å². The van der Waals surface area contributed by atoms with Crippen molar-refractivity contribution in [3.05, 3.63) is 0 Å². The lowest BCUT2D eigenvalue weighted by Gasteiger charge is -2.24. The molecule has 0 aromatic carbocycles. The van der Waals surface area contributed by atoms with Gasteiger partial charge >= 0.3 is 0 Å². The van der Waals surface area contributed by atoms with Crippen LogP contribution in [0.1, 0.15) is 44.9 Å². The molecule has 3 heteroatoms. The molecule has 0 aromatic rings. The number of nitrogens with zero attached hydrogens (tertiary/aromatic N) is 2. The van der Waals surface area contributed by atoms with Gasteiger partial charge in [0.15, 0.2) is 0 Å². The maximum Gasteiger partial charge on any atom is 0.0250 e. The van der Waals surface area contributed by atoms with E-state index >= 15 is 0 Å². The molecule has 1 N–H and O–H groups in total. The highest BCUT2D eigenvalue weighted by Gasteiger charge is 2.36. The SMILES string of the molecule is C1CCCN(CCNC2CCN3CCCC23)CC1. The summed E-state index contributed by atoms with van der Waals surface area (Å²) in [5.41, 5.74) is 0. The molecule has 0 amide bonds. The van der Waals surface area contributed by atoms with Crippen LogP contribution in [0.5, 0.6) is 0 Å². The first-order chi connectivity index (χ1) is 8.93. The minimum Gasteiger partial charge on any atom is -0.311 e. The molecule has 0 radical (unpaired) electrons. The van der Waals surface area contributed by atoms with Crippen LogP contribution in [0.25, 0.3) is 0 Å². The summed E-state index contributed by atoms with van der Waals surface area (Å²) in [6.45, 7) is 7.84. The summed E-state index contributed by atoms with van der Waals surface area (Å²) < 4.78 is 0. The summed E-state index contributed by atoms with van der Waals surface area (Å²) in [5.74, 6) is 0. The second kappa shape index (κ2) is 6.36. The van der Waals surface area contributed by atoms with E-state index in [-0.39, 0.29) is 0 Å². The molecule has 3 heterocycles. The summed E-state index contributed by atoms with van der Waals surface area (Å²) in [7, 11) is 0. The molecule has 0 aliphatic carbocycles. The van der Waals surface area contributed by atoms with E-state index in [1.807, 2.05) is 0 Å². The third-order valence-corrected chi connectivity index (χ3v) is 5.14. The molecule has 2 unspecified atom stereocenters. The van der Waals surface area contributed by atoms with Crippen molar-refractivity contribution in [3.63, 3.8) is 0 Å². The van der Waals surface area contributed by atoms with E-state index in [9.17, 15) is 0 Å². The van der Waals surface area contributed by atoms with Crippen LogP contribution in [0.3, 0.4) is 0 Å². The zero-order valence-electron chi connectivity index (χ0n) is 11.7. The van der Waals surface area contributed by atoms with Crippen LogP contribution >= 0.6 is 0 Å². The number of rotatable bonds is 4. The second-order valence-electron chi connectivity index (χ2n) is 6.35. The predicted molar refractivity (Wildman–Crippen MR) is 75.9 cm³/mol. The van der Waals surface area contributed by atoms with Crippen molar-refractivity contribution < 1.29 is 0 Å². The molecule has 18 heavy (non-hydrogen) atoms. The van der Waals surface area contributed by atoms with Crippen LogP contribution in [-0.2, 0) is 0 Å². The highest BCUT2D eigenvalue weighted by atomic mass is 15.2. The van der Waals surface area contributed by atoms with E-state index in [2.05, 4.69) is 15.1 Å². The summed E-state index contributed by atoms with van der Waals surface area (Å²) in [6.07, 6.45) is 9.97. The average Bonchev–Trinajstić information content (AvgIpc) is 2.88. The highest BCUT2D eigenvalue weighted by Crippen LogP contribution is 2.27. The zero-order valence-corrected chi connectivity index (χ0v) is 11.7. The van der Waals surface area contributed by atoms with Gasteiger partial charge in [-0.2, -0.15) is 0 Å². The smallest absolute Gasteiger partial charge is 0.0250 e. The van der Waals surface area contributed by atoms with Gasteiger partial charge in [0.05, 0.1) is 0 Å². The van der Waals surface area contributed by atoms with E-state index in [4.69, 9.17) is 0 Å². The standard InChI is InChI=1S/C15H29N3/c1-2-4-10-17(9-3-1)13-8-16-14-7-12-18-11-5-6-15(14)18/h14-16H,1-13H2. The van der Waals surface area contributed by atoms with Gasteiger partial charge in [0.2, 0.25) is 0 Å². The monoisotopic (exact) mass is 251 g/mol. The summed E-state index contributed by atoms with van der Waals surface area (Å²) in [5, 5.41) is 3.84. The number of hydrogen-bond donors (Lipinski definition) is 1. The molecule has 3 saturated heterocycles. The first-order valence-corrected chi connectivity index (χ1v) is 8.13. The Balaban J connectivity index is 1.36. The van der Waals surface area contributed by atoms with Crippen molar-refractivity contribution >= 4 is 0 Å². The Bertz CT molecular complexity index is 248. The fourth-order valence-corrected chi connectivity index (χ4v) is 4.09. The van der Waals surface area contributed by atoms with Gasteiger partial charge in [-0.1, -0.05) is 12.8 Å². The van der Waals surface area contributed by atoms with Crippen molar-refractivity contribution in [3.8, 4) is 0 Å². The van der Waals surface area contributed by atoms with Crippen molar-refractivity contribution in [1.29, 1.82) is 0 Å². The average molecular weight is 251 g/mol. The second-order valence-corrected chi connectivity index (χ2v) is 6.35. The summed E-state index contributed by atoms with van der Waals surface area (Å²) in [4.78, 5) is 5.37. The molecule has 0 spiro atoms. The van der Waals surface area contributed by atoms with Crippen LogP contribution in [0.2, 0.25) is 0 Å². The van der Waals surface area contributed by atoms with Crippen LogP contribution < -0.4 is 5.32 Å². The lowest BCUT2D eigenvalue weighted by molar-refractivity contribution is 0.265. The van der Waals surface area contributed by atoms with Crippen LogP contribution in [-0.4, -0.2) is 61.2 Å². The third-order valence-electron chi connectivity index (χ3n) is 5.14. The fourth-order valence-electron chi connectivity index (χ4n) is 4.09. The Morgan fingerprint density at radius 3 is 2.50 bits per heavy atom. The highest BCUT2D eigenvalue weighted by molar-refractivity contribution is 4.95. The molecule has 0 bridgehead atoms. The molecule has 2 atom stereocenters. The molecule has 3 aliphatic heterocycles. The topological polar surface area (TPSA) is 18.5 Å². The van der Waals surface area contributed by atoms with Crippen LogP contribution in [0, 0.1) is 0 Å². The van der Waals surface area contributed by atoms with Gasteiger partial charge in [0.1, 0.15) is 0 Å². The molecular weight excluding hydrogens is 222 g/mol. The number of fused-ring (bicyclic) bond motifs is 1. The lowest BCUT2D eigenvalue weighted by Crippen LogP contribution is -2.42. The Kier molecular flexibility index (Phi) is 4.55. The maximum atomic E-state index is 3.84. The Hall–Kier alpha value is -0.120. The van der Waals surface area contributed by atoms with Gasteiger partial charge in [-0.3, -0.25) is 4.90 Å². The van der Waals surface area contributed by atoms with Crippen LogP contribution in [0.4, 0.5) is 0 Å². The van der Waals surface area contributed by atoms with Gasteiger partial charge in [-0.05, 0) is 51.7 Å². The summed E-state index contributed by atoms with van der Waals surface area (Å²) in [6, 6.07) is 1.66. The van der Waals surface area contributed by atoms with Gasteiger partial charge in [-0.15, -0.1) is 0 Å². The number of nitrogens with one attached hydrogen (secondary N) is 1. The quantitative estimate of drug-likeness (QED) is 0.820. The Morgan fingerprint density at radius 1 is 0.833 bits per heavy atom. The fraction of sp³-hybridized carbons (Fsp3) is 1.00. The molecule has 3 aliphatic rings. The Labute approximate surface area is 112 Å². The Morgan fingerprint density at radius 2 is 1.67 bits per heavy atom. The predicted octanol–water partition coefficient (Wildman–Crippen LogP) is 1.69. The minimum absolute atomic E-state index is 0.791. The van der Waals surface area contributed by atoms with Crippen molar-refractivity contribution in [1.82, 2.24) is 15.1 Å². The molecule has 104 valence electrons. The van der Waals surface area contributed by atoms with E-state index in [1.165, 1.54) is 84.2 Å².